The van der Waals surface area contributed by atoms with E-state index in [0.717, 1.165) is 38.0 Å². The third-order valence-electron chi connectivity index (χ3n) is 6.06. The normalized spacial score (nSPS) is 15.0. The molecule has 2 aromatic carbocycles. The van der Waals surface area contributed by atoms with E-state index in [0.29, 0.717) is 37.4 Å². The van der Waals surface area contributed by atoms with Gasteiger partial charge < -0.3 is 20.3 Å². The molecule has 1 heterocycles. The second kappa shape index (κ2) is 11.9. The second-order valence-corrected chi connectivity index (χ2v) is 8.17. The molecule has 0 unspecified atom stereocenters. The molecule has 3 rings (SSSR count). The van der Waals surface area contributed by atoms with Crippen molar-refractivity contribution in [3.63, 3.8) is 0 Å². The number of hydrogen-bond acceptors (Lipinski definition) is 5. The van der Waals surface area contributed by atoms with Gasteiger partial charge in [0.15, 0.2) is 5.78 Å². The summed E-state index contributed by atoms with van der Waals surface area (Å²) in [5, 5.41) is 0. The van der Waals surface area contributed by atoms with Gasteiger partial charge >= 0.3 is 0 Å². The van der Waals surface area contributed by atoms with Crippen molar-refractivity contribution < 1.29 is 18.7 Å². The SMILES string of the molecule is COCCN(CCN1CCC(C(=O)c2ccc(F)cc2)CC1)C(=O)c1ccc(CN)cc1. The van der Waals surface area contributed by atoms with Crippen LogP contribution in [0, 0.1) is 11.7 Å². The van der Waals surface area contributed by atoms with Crippen molar-refractivity contribution in [2.24, 2.45) is 11.7 Å². The summed E-state index contributed by atoms with van der Waals surface area (Å²) in [6, 6.07) is 13.2. The highest BCUT2D eigenvalue weighted by Gasteiger charge is 2.26. The number of likely N-dealkylation sites (tertiary alicyclic amines) is 1. The summed E-state index contributed by atoms with van der Waals surface area (Å²) in [5.74, 6) is -0.308. The molecule has 7 heteroatoms. The highest BCUT2D eigenvalue weighted by Crippen LogP contribution is 2.22. The van der Waals surface area contributed by atoms with Gasteiger partial charge in [-0.3, -0.25) is 9.59 Å². The molecule has 0 spiro atoms. The Balaban J connectivity index is 1.52. The molecule has 172 valence electrons. The molecular weight excluding hydrogens is 409 g/mol. The van der Waals surface area contributed by atoms with Crippen LogP contribution < -0.4 is 5.73 Å². The molecule has 0 atom stereocenters. The van der Waals surface area contributed by atoms with Crippen LogP contribution in [0.15, 0.2) is 48.5 Å². The summed E-state index contributed by atoms with van der Waals surface area (Å²) in [4.78, 5) is 29.8. The van der Waals surface area contributed by atoms with Gasteiger partial charge in [-0.1, -0.05) is 12.1 Å². The van der Waals surface area contributed by atoms with Gasteiger partial charge in [0, 0.05) is 50.3 Å². The highest BCUT2D eigenvalue weighted by atomic mass is 19.1. The van der Waals surface area contributed by atoms with Crippen LogP contribution >= 0.6 is 0 Å². The summed E-state index contributed by atoms with van der Waals surface area (Å²) >= 11 is 0. The lowest BCUT2D eigenvalue weighted by Crippen LogP contribution is -2.43. The molecule has 32 heavy (non-hydrogen) atoms. The summed E-state index contributed by atoms with van der Waals surface area (Å²) in [7, 11) is 1.63. The zero-order valence-corrected chi connectivity index (χ0v) is 18.6. The number of benzene rings is 2. The number of carbonyl (C=O) groups excluding carboxylic acids is 2. The molecular formula is C25H32FN3O3. The molecule has 6 nitrogen and oxygen atoms in total. The number of piperidine rings is 1. The standard InChI is InChI=1S/C25H32FN3O3/c1-32-17-16-29(25(31)22-4-2-19(18-27)3-5-22)15-14-28-12-10-21(11-13-28)24(30)20-6-8-23(26)9-7-20/h2-9,21H,10-18,27H2,1H3. The summed E-state index contributed by atoms with van der Waals surface area (Å²) in [6.07, 6.45) is 1.53. The van der Waals surface area contributed by atoms with E-state index in [4.69, 9.17) is 10.5 Å². The Morgan fingerprint density at radius 1 is 1.03 bits per heavy atom. The van der Waals surface area contributed by atoms with Crippen LogP contribution in [-0.4, -0.2) is 67.9 Å². The van der Waals surface area contributed by atoms with Crippen LogP contribution in [0.5, 0.6) is 0 Å². The third-order valence-corrected chi connectivity index (χ3v) is 6.06. The number of halogens is 1. The number of ether oxygens (including phenoxy) is 1. The number of Topliss-reactive ketones (excluding diaryl/α,β-unsaturated/α-hetero) is 1. The minimum Gasteiger partial charge on any atom is -0.383 e. The van der Waals surface area contributed by atoms with Gasteiger partial charge in [0.25, 0.3) is 5.91 Å². The largest absolute Gasteiger partial charge is 0.383 e. The Morgan fingerprint density at radius 2 is 1.66 bits per heavy atom. The van der Waals surface area contributed by atoms with E-state index in [-0.39, 0.29) is 23.4 Å². The fourth-order valence-electron chi connectivity index (χ4n) is 4.01. The highest BCUT2D eigenvalue weighted by molar-refractivity contribution is 5.97. The number of nitrogens with two attached hydrogens (primary N) is 1. The lowest BCUT2D eigenvalue weighted by Gasteiger charge is -2.33. The Labute approximate surface area is 189 Å². The van der Waals surface area contributed by atoms with Crippen molar-refractivity contribution in [2.45, 2.75) is 19.4 Å². The fraction of sp³-hybridized carbons (Fsp3) is 0.440. The van der Waals surface area contributed by atoms with E-state index in [1.54, 1.807) is 19.2 Å². The van der Waals surface area contributed by atoms with E-state index in [1.165, 1.54) is 12.1 Å². The second-order valence-electron chi connectivity index (χ2n) is 8.17. The summed E-state index contributed by atoms with van der Waals surface area (Å²) in [5.41, 5.74) is 7.85. The van der Waals surface area contributed by atoms with Gasteiger partial charge in [0.05, 0.1) is 6.61 Å². The maximum atomic E-state index is 13.1. The molecule has 0 aliphatic carbocycles. The molecule has 2 aromatic rings. The average Bonchev–Trinajstić information content (AvgIpc) is 2.84. The number of hydrogen-bond donors (Lipinski definition) is 1. The van der Waals surface area contributed by atoms with Crippen LogP contribution in [0.3, 0.4) is 0 Å². The molecule has 1 aliphatic heterocycles. The Bertz CT molecular complexity index is 878. The van der Waals surface area contributed by atoms with Gasteiger partial charge in [0.1, 0.15) is 5.82 Å². The number of ketones is 1. The number of amides is 1. The Kier molecular flexibility index (Phi) is 8.90. The number of methoxy groups -OCH3 is 1. The van der Waals surface area contributed by atoms with E-state index >= 15 is 0 Å². The van der Waals surface area contributed by atoms with Crippen LogP contribution in [0.1, 0.15) is 39.1 Å². The van der Waals surface area contributed by atoms with Crippen molar-refractivity contribution in [2.75, 3.05) is 46.4 Å². The molecule has 1 saturated heterocycles. The zero-order valence-electron chi connectivity index (χ0n) is 18.6. The average molecular weight is 442 g/mol. The molecule has 0 bridgehead atoms. The molecule has 1 aliphatic rings. The topological polar surface area (TPSA) is 75.9 Å². The first-order valence-corrected chi connectivity index (χ1v) is 11.1. The van der Waals surface area contributed by atoms with Gasteiger partial charge in [-0.2, -0.15) is 0 Å². The summed E-state index contributed by atoms with van der Waals surface area (Å²) in [6.45, 7) is 4.38. The number of carbonyl (C=O) groups is 2. The smallest absolute Gasteiger partial charge is 0.253 e. The predicted octanol–water partition coefficient (Wildman–Crippen LogP) is 2.97. The van der Waals surface area contributed by atoms with Gasteiger partial charge in [-0.05, 0) is 67.9 Å². The van der Waals surface area contributed by atoms with Crippen molar-refractivity contribution in [3.8, 4) is 0 Å². The molecule has 0 radical (unpaired) electrons. The first-order chi connectivity index (χ1) is 15.5. The quantitative estimate of drug-likeness (QED) is 0.574. The zero-order chi connectivity index (χ0) is 22.9. The van der Waals surface area contributed by atoms with Crippen LogP contribution in [-0.2, 0) is 11.3 Å². The van der Waals surface area contributed by atoms with E-state index in [9.17, 15) is 14.0 Å². The van der Waals surface area contributed by atoms with Crippen LogP contribution in [0.25, 0.3) is 0 Å². The molecule has 0 aromatic heterocycles. The monoisotopic (exact) mass is 441 g/mol. The molecule has 0 saturated carbocycles. The van der Waals surface area contributed by atoms with Crippen molar-refractivity contribution >= 4 is 11.7 Å². The van der Waals surface area contributed by atoms with Gasteiger partial charge in [-0.25, -0.2) is 4.39 Å². The number of rotatable bonds is 10. The van der Waals surface area contributed by atoms with Crippen molar-refractivity contribution in [3.05, 3.63) is 71.0 Å². The first-order valence-electron chi connectivity index (χ1n) is 11.1. The first kappa shape index (κ1) is 24.0. The van der Waals surface area contributed by atoms with Gasteiger partial charge in [0.2, 0.25) is 0 Å². The molecule has 1 fully saturated rings. The minimum absolute atomic E-state index is 0.0213. The fourth-order valence-corrected chi connectivity index (χ4v) is 4.01. The van der Waals surface area contributed by atoms with E-state index in [2.05, 4.69) is 4.90 Å². The Hall–Kier alpha value is -2.61. The van der Waals surface area contributed by atoms with Crippen molar-refractivity contribution in [1.82, 2.24) is 9.80 Å². The predicted molar refractivity (Wildman–Crippen MR) is 122 cm³/mol. The summed E-state index contributed by atoms with van der Waals surface area (Å²) < 4.78 is 18.3. The van der Waals surface area contributed by atoms with Gasteiger partial charge in [-0.15, -0.1) is 0 Å². The maximum absolute atomic E-state index is 13.1. The maximum Gasteiger partial charge on any atom is 0.253 e. The lowest BCUT2D eigenvalue weighted by atomic mass is 9.89. The molecule has 1 amide bonds. The number of nitrogens with zero attached hydrogens (tertiary/aromatic N) is 2. The van der Waals surface area contributed by atoms with Crippen molar-refractivity contribution in [1.29, 1.82) is 0 Å². The minimum atomic E-state index is -0.334. The third kappa shape index (κ3) is 6.45. The van der Waals surface area contributed by atoms with E-state index < -0.39 is 0 Å². The molecule has 2 N–H and O–H groups in total. The van der Waals surface area contributed by atoms with E-state index in [1.807, 2.05) is 29.2 Å². The van der Waals surface area contributed by atoms with Crippen LogP contribution in [0.4, 0.5) is 4.39 Å². The Morgan fingerprint density at radius 3 is 2.25 bits per heavy atom. The van der Waals surface area contributed by atoms with Crippen LogP contribution in [0.2, 0.25) is 0 Å². The lowest BCUT2D eigenvalue weighted by molar-refractivity contribution is 0.0651.